The molecular weight excluding hydrogens is 334 g/mol. The number of carboxylic acid groups (broad SMARTS) is 1. The minimum atomic E-state index is -1.08. The Hall–Kier alpha value is -3.92. The number of carboxylic acids is 1. The summed E-state index contributed by atoms with van der Waals surface area (Å²) < 4.78 is 0. The van der Waals surface area contributed by atoms with Crippen molar-refractivity contribution < 1.29 is 19.5 Å². The largest absolute Gasteiger partial charge is 0.478 e. The van der Waals surface area contributed by atoms with Crippen LogP contribution >= 0.6 is 0 Å². The molecule has 130 valence electrons. The molecule has 0 fully saturated rings. The normalized spacial score (nSPS) is 10.5. The second kappa shape index (κ2) is 8.26. The van der Waals surface area contributed by atoms with Crippen molar-refractivity contribution in [2.24, 2.45) is 0 Å². The van der Waals surface area contributed by atoms with Crippen molar-refractivity contribution >= 4 is 29.0 Å². The molecule has 0 bridgehead atoms. The number of carbonyl (C=O) groups excluding carboxylic acids is 2. The zero-order valence-electron chi connectivity index (χ0n) is 13.8. The van der Waals surface area contributed by atoms with Gasteiger partial charge in [-0.2, -0.15) is 5.26 Å². The maximum atomic E-state index is 12.2. The van der Waals surface area contributed by atoms with Crippen molar-refractivity contribution in [2.45, 2.75) is 6.92 Å². The maximum absolute atomic E-state index is 12.2. The first-order chi connectivity index (χ1) is 12.4. The zero-order chi connectivity index (χ0) is 19.1. The number of nitrogens with one attached hydrogen (secondary N) is 2. The van der Waals surface area contributed by atoms with Gasteiger partial charge in [0.2, 0.25) is 0 Å². The molecule has 2 aromatic rings. The fourth-order valence-electron chi connectivity index (χ4n) is 2.03. The van der Waals surface area contributed by atoms with E-state index >= 15 is 0 Å². The number of anilines is 2. The molecule has 1 amide bonds. The van der Waals surface area contributed by atoms with Gasteiger partial charge in [-0.15, -0.1) is 0 Å². The van der Waals surface area contributed by atoms with E-state index in [-0.39, 0.29) is 16.9 Å². The average molecular weight is 349 g/mol. The number of amides is 1. The molecule has 0 aliphatic carbocycles. The summed E-state index contributed by atoms with van der Waals surface area (Å²) in [6.07, 6.45) is 1.19. The molecule has 0 radical (unpaired) electrons. The van der Waals surface area contributed by atoms with Gasteiger partial charge in [-0.3, -0.25) is 9.59 Å². The second-order valence-electron chi connectivity index (χ2n) is 5.29. The Bertz CT molecular complexity index is 925. The molecule has 2 rings (SSSR count). The van der Waals surface area contributed by atoms with Gasteiger partial charge in [0, 0.05) is 23.1 Å². The predicted octanol–water partition coefficient (Wildman–Crippen LogP) is 3.05. The lowest BCUT2D eigenvalue weighted by Crippen LogP contribution is -2.14. The van der Waals surface area contributed by atoms with Gasteiger partial charge >= 0.3 is 5.97 Å². The van der Waals surface area contributed by atoms with E-state index in [1.54, 1.807) is 42.5 Å². The Balaban J connectivity index is 2.09. The van der Waals surface area contributed by atoms with Crippen LogP contribution in [0.25, 0.3) is 0 Å². The highest BCUT2D eigenvalue weighted by molar-refractivity contribution is 6.07. The van der Waals surface area contributed by atoms with Crippen LogP contribution in [0.15, 0.2) is 60.3 Å². The molecule has 26 heavy (non-hydrogen) atoms. The number of Topliss-reactive ketones (excluding diaryl/α,β-unsaturated/α-hetero) is 1. The molecule has 0 heterocycles. The molecule has 0 aliphatic heterocycles. The lowest BCUT2D eigenvalue weighted by molar-refractivity contribution is -0.112. The fourth-order valence-corrected chi connectivity index (χ4v) is 2.03. The van der Waals surface area contributed by atoms with Gasteiger partial charge in [0.1, 0.15) is 11.6 Å². The lowest BCUT2D eigenvalue weighted by Gasteiger charge is -2.06. The molecule has 3 N–H and O–H groups in total. The van der Waals surface area contributed by atoms with E-state index in [1.165, 1.54) is 25.3 Å². The van der Waals surface area contributed by atoms with Gasteiger partial charge in [-0.1, -0.05) is 6.07 Å². The van der Waals surface area contributed by atoms with Crippen molar-refractivity contribution in [3.63, 3.8) is 0 Å². The SMILES string of the molecule is CC(=O)c1ccc(NC(=O)/C(C#N)=C\Nc2cccc(C(=O)O)c2)cc1. The molecule has 2 aromatic carbocycles. The topological polar surface area (TPSA) is 119 Å². The third-order valence-corrected chi connectivity index (χ3v) is 3.41. The molecule has 7 nitrogen and oxygen atoms in total. The highest BCUT2D eigenvalue weighted by Crippen LogP contribution is 2.13. The van der Waals surface area contributed by atoms with Gasteiger partial charge < -0.3 is 15.7 Å². The van der Waals surface area contributed by atoms with Crippen LogP contribution in [0.2, 0.25) is 0 Å². The zero-order valence-corrected chi connectivity index (χ0v) is 13.8. The first-order valence-electron chi connectivity index (χ1n) is 7.53. The Morgan fingerprint density at radius 2 is 1.73 bits per heavy atom. The maximum Gasteiger partial charge on any atom is 0.335 e. The summed E-state index contributed by atoms with van der Waals surface area (Å²) in [5.74, 6) is -1.80. The summed E-state index contributed by atoms with van der Waals surface area (Å²) in [5.41, 5.74) is 1.27. The van der Waals surface area contributed by atoms with E-state index in [0.717, 1.165) is 0 Å². The van der Waals surface area contributed by atoms with Crippen molar-refractivity contribution in [3.8, 4) is 6.07 Å². The third-order valence-electron chi connectivity index (χ3n) is 3.41. The summed E-state index contributed by atoms with van der Waals surface area (Å²) in [5, 5.41) is 23.4. The summed E-state index contributed by atoms with van der Waals surface area (Å²) in [4.78, 5) is 34.3. The van der Waals surface area contributed by atoms with Crippen LogP contribution in [0.3, 0.4) is 0 Å². The number of ketones is 1. The molecule has 0 spiro atoms. The number of rotatable bonds is 6. The predicted molar refractivity (Wildman–Crippen MR) is 95.8 cm³/mol. The first kappa shape index (κ1) is 18.4. The van der Waals surface area contributed by atoms with Gasteiger partial charge in [0.05, 0.1) is 5.56 Å². The van der Waals surface area contributed by atoms with Crippen LogP contribution in [0, 0.1) is 11.3 Å². The number of hydrogen-bond acceptors (Lipinski definition) is 5. The van der Waals surface area contributed by atoms with Crippen molar-refractivity contribution in [3.05, 3.63) is 71.4 Å². The highest BCUT2D eigenvalue weighted by Gasteiger charge is 2.10. The van der Waals surface area contributed by atoms with E-state index in [2.05, 4.69) is 10.6 Å². The van der Waals surface area contributed by atoms with Crippen LogP contribution < -0.4 is 10.6 Å². The van der Waals surface area contributed by atoms with Crippen LogP contribution in [-0.2, 0) is 4.79 Å². The molecule has 0 unspecified atom stereocenters. The molecular formula is C19H15N3O4. The van der Waals surface area contributed by atoms with Crippen LogP contribution in [0.4, 0.5) is 11.4 Å². The average Bonchev–Trinajstić information content (AvgIpc) is 2.63. The van der Waals surface area contributed by atoms with Gasteiger partial charge in [-0.25, -0.2) is 4.79 Å². The number of nitrogens with zero attached hydrogens (tertiary/aromatic N) is 1. The van der Waals surface area contributed by atoms with Crippen LogP contribution in [-0.4, -0.2) is 22.8 Å². The van der Waals surface area contributed by atoms with E-state index in [0.29, 0.717) is 16.9 Å². The lowest BCUT2D eigenvalue weighted by atomic mass is 10.1. The number of aromatic carboxylic acids is 1. The van der Waals surface area contributed by atoms with Crippen molar-refractivity contribution in [1.82, 2.24) is 0 Å². The summed E-state index contributed by atoms with van der Waals surface area (Å²) >= 11 is 0. The van der Waals surface area contributed by atoms with E-state index < -0.39 is 11.9 Å². The molecule has 0 aromatic heterocycles. The summed E-state index contributed by atoms with van der Waals surface area (Å²) in [6, 6.07) is 14.0. The number of nitriles is 1. The molecule has 0 saturated carbocycles. The number of benzene rings is 2. The van der Waals surface area contributed by atoms with Crippen molar-refractivity contribution in [2.75, 3.05) is 10.6 Å². The van der Waals surface area contributed by atoms with Gasteiger partial charge in [0.25, 0.3) is 5.91 Å². The standard InChI is InChI=1S/C19H15N3O4/c1-12(23)13-5-7-16(8-6-13)22-18(24)15(10-20)11-21-17-4-2-3-14(9-17)19(25)26/h2-9,11,21H,1H3,(H,22,24)(H,25,26)/b15-11-. The molecule has 0 saturated heterocycles. The second-order valence-corrected chi connectivity index (χ2v) is 5.29. The van der Waals surface area contributed by atoms with Crippen LogP contribution in [0.1, 0.15) is 27.6 Å². The first-order valence-corrected chi connectivity index (χ1v) is 7.53. The Kier molecular flexibility index (Phi) is 5.85. The highest BCUT2D eigenvalue weighted by atomic mass is 16.4. The minimum Gasteiger partial charge on any atom is -0.478 e. The van der Waals surface area contributed by atoms with Gasteiger partial charge in [-0.05, 0) is 49.4 Å². The van der Waals surface area contributed by atoms with Gasteiger partial charge in [0.15, 0.2) is 5.78 Å². The molecule has 0 aliphatic rings. The number of hydrogen-bond donors (Lipinski definition) is 3. The Morgan fingerprint density at radius 3 is 2.31 bits per heavy atom. The van der Waals surface area contributed by atoms with Crippen LogP contribution in [0.5, 0.6) is 0 Å². The minimum absolute atomic E-state index is 0.0805. The quantitative estimate of drug-likeness (QED) is 0.419. The van der Waals surface area contributed by atoms with E-state index in [1.807, 2.05) is 0 Å². The van der Waals surface area contributed by atoms with Crippen molar-refractivity contribution in [1.29, 1.82) is 5.26 Å². The fraction of sp³-hybridized carbons (Fsp3) is 0.0526. The molecule has 0 atom stereocenters. The Labute approximate surface area is 149 Å². The van der Waals surface area contributed by atoms with E-state index in [9.17, 15) is 14.4 Å². The monoisotopic (exact) mass is 349 g/mol. The number of carbonyl (C=O) groups is 3. The van der Waals surface area contributed by atoms with E-state index in [4.69, 9.17) is 10.4 Å². The smallest absolute Gasteiger partial charge is 0.335 e. The Morgan fingerprint density at radius 1 is 1.04 bits per heavy atom. The third kappa shape index (κ3) is 4.79. The summed E-state index contributed by atoms with van der Waals surface area (Å²) in [7, 11) is 0. The molecule has 7 heteroatoms. The summed E-state index contributed by atoms with van der Waals surface area (Å²) in [6.45, 7) is 1.44.